The lowest BCUT2D eigenvalue weighted by Gasteiger charge is -2.36. The molecule has 1 saturated heterocycles. The van der Waals surface area contributed by atoms with Crippen molar-refractivity contribution in [1.82, 2.24) is 30.4 Å². The van der Waals surface area contributed by atoms with Crippen molar-refractivity contribution < 1.29 is 13.8 Å². The minimum atomic E-state index is -0.184. The molecule has 3 rings (SSSR count). The Balaban J connectivity index is 1.54. The third-order valence-electron chi connectivity index (χ3n) is 4.70. The van der Waals surface area contributed by atoms with Crippen molar-refractivity contribution >= 4 is 5.96 Å². The Kier molecular flexibility index (Phi) is 7.59. The molecule has 160 valence electrons. The lowest BCUT2D eigenvalue weighted by atomic mass is 10.3. The van der Waals surface area contributed by atoms with E-state index in [0.717, 1.165) is 56.7 Å². The second kappa shape index (κ2) is 10.4. The first-order valence-electron chi connectivity index (χ1n) is 10.2. The Bertz CT molecular complexity index is 780. The van der Waals surface area contributed by atoms with Crippen molar-refractivity contribution in [3.63, 3.8) is 0 Å². The molecule has 0 bridgehead atoms. The van der Waals surface area contributed by atoms with Crippen LogP contribution in [0.3, 0.4) is 0 Å². The fraction of sp³-hybridized carbons (Fsp3) is 0.684. The summed E-state index contributed by atoms with van der Waals surface area (Å²) in [6.07, 6.45) is -0.184. The van der Waals surface area contributed by atoms with E-state index in [2.05, 4.69) is 42.3 Å². The molecule has 1 atom stereocenters. The van der Waals surface area contributed by atoms with Crippen molar-refractivity contribution in [3.05, 3.63) is 29.2 Å². The van der Waals surface area contributed by atoms with E-state index < -0.39 is 0 Å². The van der Waals surface area contributed by atoms with Crippen molar-refractivity contribution in [2.24, 2.45) is 4.99 Å². The molecule has 0 aliphatic carbocycles. The normalized spacial score (nSPS) is 17.0. The topological polar surface area (TPSA) is 105 Å². The van der Waals surface area contributed by atoms with Gasteiger partial charge in [0.2, 0.25) is 5.89 Å². The largest absolute Gasteiger partial charge is 0.371 e. The van der Waals surface area contributed by atoms with Gasteiger partial charge in [0, 0.05) is 51.9 Å². The molecule has 0 spiro atoms. The summed E-state index contributed by atoms with van der Waals surface area (Å²) in [7, 11) is 0. The lowest BCUT2D eigenvalue weighted by molar-refractivity contribution is 0.0683. The minimum Gasteiger partial charge on any atom is -0.371 e. The number of aryl methyl sites for hydroxylation is 1. The molecule has 1 fully saturated rings. The molecule has 1 aliphatic rings. The predicted molar refractivity (Wildman–Crippen MR) is 107 cm³/mol. The average molecular weight is 406 g/mol. The molecule has 0 saturated carbocycles. The first-order valence-corrected chi connectivity index (χ1v) is 10.2. The summed E-state index contributed by atoms with van der Waals surface area (Å²) in [6.45, 7) is 14.0. The van der Waals surface area contributed by atoms with Crippen molar-refractivity contribution in [2.45, 2.75) is 46.9 Å². The van der Waals surface area contributed by atoms with Gasteiger partial charge in [-0.25, -0.2) is 4.99 Å². The van der Waals surface area contributed by atoms with Gasteiger partial charge in [-0.1, -0.05) is 10.3 Å². The summed E-state index contributed by atoms with van der Waals surface area (Å²) in [4.78, 5) is 13.7. The van der Waals surface area contributed by atoms with E-state index in [1.54, 1.807) is 0 Å². The number of aromatic nitrogens is 3. The standard InChI is InChI=1S/C19H31N7O3/c1-5-20-19(21-12-17-22-18(24-29-17)15(4)27-6-2)26-9-7-25(8-10-26)13-16-11-14(3)28-23-16/h11,15H,5-10,12-13H2,1-4H3,(H,20,21). The number of hydrogen-bond acceptors (Lipinski definition) is 8. The van der Waals surface area contributed by atoms with E-state index in [9.17, 15) is 0 Å². The van der Waals surface area contributed by atoms with Crippen LogP contribution in [0, 0.1) is 6.92 Å². The van der Waals surface area contributed by atoms with Gasteiger partial charge >= 0.3 is 0 Å². The molecule has 2 aromatic heterocycles. The van der Waals surface area contributed by atoms with E-state index in [4.69, 9.17) is 13.8 Å². The Labute approximate surface area is 171 Å². The first kappa shape index (κ1) is 21.3. The minimum absolute atomic E-state index is 0.184. The highest BCUT2D eigenvalue weighted by Crippen LogP contribution is 2.13. The SMILES string of the molecule is CCNC(=NCc1nc(C(C)OCC)no1)N1CCN(Cc2cc(C)on2)CC1. The molecular weight excluding hydrogens is 374 g/mol. The maximum absolute atomic E-state index is 5.50. The van der Waals surface area contributed by atoms with E-state index >= 15 is 0 Å². The van der Waals surface area contributed by atoms with Crippen molar-refractivity contribution in [1.29, 1.82) is 0 Å². The van der Waals surface area contributed by atoms with Gasteiger partial charge in [0.1, 0.15) is 18.4 Å². The predicted octanol–water partition coefficient (Wildman–Crippen LogP) is 1.75. The first-order chi connectivity index (χ1) is 14.1. The van der Waals surface area contributed by atoms with Gasteiger partial charge in [-0.2, -0.15) is 4.98 Å². The summed E-state index contributed by atoms with van der Waals surface area (Å²) in [5, 5.41) is 11.4. The number of nitrogens with one attached hydrogen (secondary N) is 1. The van der Waals surface area contributed by atoms with Gasteiger partial charge in [-0.15, -0.1) is 0 Å². The average Bonchev–Trinajstić information content (AvgIpc) is 3.35. The molecule has 0 aromatic carbocycles. The van der Waals surface area contributed by atoms with Crippen LogP contribution in [0.1, 0.15) is 50.0 Å². The van der Waals surface area contributed by atoms with E-state index in [1.807, 2.05) is 26.8 Å². The number of ether oxygens (including phenoxy) is 1. The Morgan fingerprint density at radius 3 is 2.69 bits per heavy atom. The zero-order valence-electron chi connectivity index (χ0n) is 17.7. The molecule has 0 amide bonds. The van der Waals surface area contributed by atoms with Crippen LogP contribution >= 0.6 is 0 Å². The smallest absolute Gasteiger partial charge is 0.248 e. The number of nitrogens with zero attached hydrogens (tertiary/aromatic N) is 6. The maximum atomic E-state index is 5.50. The summed E-state index contributed by atoms with van der Waals surface area (Å²) in [5.74, 6) is 2.75. The third-order valence-corrected chi connectivity index (χ3v) is 4.70. The molecule has 1 N–H and O–H groups in total. The fourth-order valence-electron chi connectivity index (χ4n) is 3.23. The van der Waals surface area contributed by atoms with Crippen LogP contribution in [-0.4, -0.2) is 70.4 Å². The second-order valence-corrected chi connectivity index (χ2v) is 7.01. The molecule has 10 heteroatoms. The zero-order chi connectivity index (χ0) is 20.6. The molecule has 10 nitrogen and oxygen atoms in total. The van der Waals surface area contributed by atoms with E-state index in [1.165, 1.54) is 0 Å². The molecule has 3 heterocycles. The third kappa shape index (κ3) is 6.01. The molecule has 1 unspecified atom stereocenters. The number of aliphatic imine (C=N–C) groups is 1. The van der Waals surface area contributed by atoms with Gasteiger partial charge in [-0.05, 0) is 27.7 Å². The van der Waals surface area contributed by atoms with Gasteiger partial charge < -0.3 is 24.0 Å². The molecule has 0 radical (unpaired) electrons. The number of rotatable bonds is 8. The number of piperazine rings is 1. The van der Waals surface area contributed by atoms with Crippen LogP contribution in [0.2, 0.25) is 0 Å². The maximum Gasteiger partial charge on any atom is 0.248 e. The van der Waals surface area contributed by atoms with Gasteiger partial charge in [0.05, 0.1) is 5.69 Å². The van der Waals surface area contributed by atoms with Crippen molar-refractivity contribution in [2.75, 3.05) is 39.3 Å². The summed E-state index contributed by atoms with van der Waals surface area (Å²) < 4.78 is 16.0. The van der Waals surface area contributed by atoms with Crippen LogP contribution in [0.25, 0.3) is 0 Å². The highest BCUT2D eigenvalue weighted by molar-refractivity contribution is 5.80. The number of hydrogen-bond donors (Lipinski definition) is 1. The van der Waals surface area contributed by atoms with Crippen LogP contribution in [0.15, 0.2) is 20.1 Å². The monoisotopic (exact) mass is 405 g/mol. The molecule has 29 heavy (non-hydrogen) atoms. The van der Waals surface area contributed by atoms with Crippen molar-refractivity contribution in [3.8, 4) is 0 Å². The molecular formula is C19H31N7O3. The highest BCUT2D eigenvalue weighted by Gasteiger charge is 2.21. The Morgan fingerprint density at radius 2 is 2.03 bits per heavy atom. The molecule has 2 aromatic rings. The van der Waals surface area contributed by atoms with Crippen LogP contribution in [0.4, 0.5) is 0 Å². The van der Waals surface area contributed by atoms with Gasteiger partial charge in [-0.3, -0.25) is 4.90 Å². The fourth-order valence-corrected chi connectivity index (χ4v) is 3.23. The van der Waals surface area contributed by atoms with Gasteiger partial charge in [0.25, 0.3) is 0 Å². The van der Waals surface area contributed by atoms with Gasteiger partial charge in [0.15, 0.2) is 11.8 Å². The highest BCUT2D eigenvalue weighted by atomic mass is 16.5. The van der Waals surface area contributed by atoms with Crippen LogP contribution < -0.4 is 5.32 Å². The van der Waals surface area contributed by atoms with Crippen LogP contribution in [0.5, 0.6) is 0 Å². The Morgan fingerprint density at radius 1 is 1.24 bits per heavy atom. The molecule has 1 aliphatic heterocycles. The summed E-state index contributed by atoms with van der Waals surface area (Å²) in [6, 6.07) is 1.99. The summed E-state index contributed by atoms with van der Waals surface area (Å²) >= 11 is 0. The second-order valence-electron chi connectivity index (χ2n) is 7.01. The Hall–Kier alpha value is -2.46. The quantitative estimate of drug-likeness (QED) is 0.519. The van der Waals surface area contributed by atoms with Crippen LogP contribution in [-0.2, 0) is 17.8 Å². The lowest BCUT2D eigenvalue weighted by Crippen LogP contribution is -2.52. The summed E-state index contributed by atoms with van der Waals surface area (Å²) in [5.41, 5.74) is 0.977. The van der Waals surface area contributed by atoms with E-state index in [0.29, 0.717) is 24.9 Å². The van der Waals surface area contributed by atoms with E-state index in [-0.39, 0.29) is 6.10 Å². The number of guanidine groups is 1. The zero-order valence-corrected chi connectivity index (χ0v) is 17.7.